The number of anilines is 2. The molecule has 23 nitrogen and oxygen atoms in total. The number of rotatable bonds is 17. The number of benzene rings is 2. The third-order valence-corrected chi connectivity index (χ3v) is 13.3. The lowest BCUT2D eigenvalue weighted by molar-refractivity contribution is -0.138. The molecular formula is C51H60N14O9. The normalized spacial score (nSPS) is 14.3. The molecule has 2 aromatic carbocycles. The van der Waals surface area contributed by atoms with Gasteiger partial charge in [-0.2, -0.15) is 10.2 Å². The summed E-state index contributed by atoms with van der Waals surface area (Å²) in [6.45, 7) is 10.4. The fourth-order valence-electron chi connectivity index (χ4n) is 9.50. The third-order valence-electron chi connectivity index (χ3n) is 13.3. The molecule has 6 heterocycles. The first-order chi connectivity index (χ1) is 35.6. The maximum Gasteiger partial charge on any atom is 0.407 e. The first-order valence-electron chi connectivity index (χ1n) is 24.5. The molecule has 8 rings (SSSR count). The number of nitrogens with zero attached hydrogens (tertiary/aromatic N) is 10. The van der Waals surface area contributed by atoms with Crippen LogP contribution in [0.15, 0.2) is 48.6 Å². The zero-order chi connectivity index (χ0) is 52.8. The summed E-state index contributed by atoms with van der Waals surface area (Å²) >= 11 is 0. The van der Waals surface area contributed by atoms with Crippen molar-refractivity contribution in [3.8, 4) is 23.3 Å². The number of imidazole rings is 2. The molecule has 0 spiro atoms. The number of likely N-dealkylation sites (tertiary alicyclic amines) is 2. The Labute approximate surface area is 425 Å². The van der Waals surface area contributed by atoms with Gasteiger partial charge < -0.3 is 45.0 Å². The van der Waals surface area contributed by atoms with E-state index >= 15 is 0 Å². The van der Waals surface area contributed by atoms with Crippen LogP contribution >= 0.6 is 0 Å². The quantitative estimate of drug-likeness (QED) is 0.0607. The predicted molar refractivity (Wildman–Crippen MR) is 273 cm³/mol. The molecule has 2 aliphatic rings. The second-order valence-corrected chi connectivity index (χ2v) is 18.2. The van der Waals surface area contributed by atoms with Gasteiger partial charge in [-0.1, -0.05) is 24.0 Å². The number of fused-ring (bicyclic) bond motifs is 2. The van der Waals surface area contributed by atoms with Gasteiger partial charge in [0.25, 0.3) is 11.8 Å². The van der Waals surface area contributed by atoms with Crippen LogP contribution < -0.4 is 31.6 Å². The highest BCUT2D eigenvalue weighted by Crippen LogP contribution is 2.33. The molecule has 4 aromatic heterocycles. The first-order valence-corrected chi connectivity index (χ1v) is 24.5. The highest BCUT2D eigenvalue weighted by molar-refractivity contribution is 6.05. The lowest BCUT2D eigenvalue weighted by atomic mass is 9.91. The van der Waals surface area contributed by atoms with Crippen molar-refractivity contribution >= 4 is 69.6 Å². The minimum atomic E-state index is -0.954. The van der Waals surface area contributed by atoms with Crippen LogP contribution in [0.4, 0.5) is 16.7 Å². The van der Waals surface area contributed by atoms with E-state index in [0.29, 0.717) is 109 Å². The van der Waals surface area contributed by atoms with E-state index in [4.69, 9.17) is 30.9 Å². The van der Waals surface area contributed by atoms with Crippen molar-refractivity contribution in [1.82, 2.24) is 48.5 Å². The maximum absolute atomic E-state index is 13.9. The van der Waals surface area contributed by atoms with Crippen molar-refractivity contribution in [1.29, 1.82) is 0 Å². The number of carbonyl (C=O) groups excluding carboxylic acids is 5. The highest BCUT2D eigenvalue weighted by atomic mass is 16.5. The Bertz CT molecular complexity index is 3240. The molecule has 23 heteroatoms. The summed E-state index contributed by atoms with van der Waals surface area (Å²) < 4.78 is 18.6. The number of aryl methyl sites for hydroxylation is 4. The Kier molecular flexibility index (Phi) is 15.6. The summed E-state index contributed by atoms with van der Waals surface area (Å²) in [6, 6.07) is 9.41. The van der Waals surface area contributed by atoms with Gasteiger partial charge in [0.05, 0.1) is 29.5 Å². The predicted octanol–water partition coefficient (Wildman–Crippen LogP) is 4.80. The highest BCUT2D eigenvalue weighted by Gasteiger charge is 2.32. The van der Waals surface area contributed by atoms with E-state index in [1.165, 1.54) is 36.3 Å². The van der Waals surface area contributed by atoms with Crippen LogP contribution in [-0.4, -0.2) is 129 Å². The smallest absolute Gasteiger partial charge is 0.407 e. The topological polar surface area (TPSA) is 295 Å². The minimum Gasteiger partial charge on any atom is -0.494 e. The van der Waals surface area contributed by atoms with E-state index in [1.54, 1.807) is 44.5 Å². The molecule has 2 aliphatic heterocycles. The molecule has 388 valence electrons. The zero-order valence-electron chi connectivity index (χ0n) is 42.0. The molecule has 0 atom stereocenters. The van der Waals surface area contributed by atoms with Crippen molar-refractivity contribution < 1.29 is 43.3 Å². The van der Waals surface area contributed by atoms with E-state index in [9.17, 15) is 33.9 Å². The molecule has 6 amide bonds. The van der Waals surface area contributed by atoms with Crippen LogP contribution in [0.5, 0.6) is 11.5 Å². The number of aromatic nitrogens is 8. The summed E-state index contributed by atoms with van der Waals surface area (Å²) in [4.78, 5) is 90.0. The Balaban J connectivity index is 1.05. The van der Waals surface area contributed by atoms with Gasteiger partial charge in [-0.25, -0.2) is 14.8 Å². The SMILES string of the molecule is CCn1nc(C)cc1C(=O)Nc1nc2cc(C(N)=O)cc(OC)c2n1C/C=C/Cn1c(NC(=O)c2cc(C)nn2CC)nc2cc(C(N)=O)cc(OCC#CCC3CCN(C(=O)C4CCN(C(=O)O)CC4)CC3)c21. The fraction of sp³-hybridized carbons (Fsp3) is 0.412. The van der Waals surface area contributed by atoms with Crippen molar-refractivity contribution in [2.45, 2.75) is 86.0 Å². The Morgan fingerprint density at radius 1 is 0.703 bits per heavy atom. The van der Waals surface area contributed by atoms with Crippen molar-refractivity contribution in [2.75, 3.05) is 50.5 Å². The Morgan fingerprint density at radius 2 is 1.19 bits per heavy atom. The van der Waals surface area contributed by atoms with Crippen LogP contribution in [0.25, 0.3) is 22.1 Å². The minimum absolute atomic E-state index is 0.0541. The molecule has 0 unspecified atom stereocenters. The van der Waals surface area contributed by atoms with E-state index < -0.39 is 29.7 Å². The van der Waals surface area contributed by atoms with Gasteiger partial charge in [0, 0.05) is 75.8 Å². The average Bonchev–Trinajstić information content (AvgIpc) is 4.17. The number of hydrogen-bond acceptors (Lipinski definition) is 12. The average molecular weight is 1010 g/mol. The lowest BCUT2D eigenvalue weighted by Crippen LogP contribution is -2.46. The first kappa shape index (κ1) is 51.7. The van der Waals surface area contributed by atoms with E-state index in [-0.39, 0.29) is 66.2 Å². The Morgan fingerprint density at radius 3 is 1.66 bits per heavy atom. The van der Waals surface area contributed by atoms with Crippen LogP contribution in [0.3, 0.4) is 0 Å². The van der Waals surface area contributed by atoms with Gasteiger partial charge in [-0.15, -0.1) is 0 Å². The summed E-state index contributed by atoms with van der Waals surface area (Å²) in [5, 5.41) is 24.0. The molecule has 0 aliphatic carbocycles. The van der Waals surface area contributed by atoms with E-state index in [2.05, 4.69) is 32.7 Å². The van der Waals surface area contributed by atoms with E-state index in [0.717, 1.165) is 12.8 Å². The summed E-state index contributed by atoms with van der Waals surface area (Å²) in [6.07, 6.45) is 5.92. The van der Waals surface area contributed by atoms with Crippen molar-refractivity contribution in [3.63, 3.8) is 0 Å². The third kappa shape index (κ3) is 11.2. The standard InChI is InChI=1S/C51H60N14O9/c1-6-64-38(24-30(3)58-64)46(68)56-49-54-36-26-34(44(52)66)28-40(73-5)42(36)62(49)17-9-10-18-63-43-37(55-50(63)57-47(69)39-25-31(4)59-65(39)7-2)27-35(45(53)67)29-41(43)74-23-11-8-12-32-13-19-60(20-14-32)48(70)33-15-21-61(22-16-33)51(71)72/h9-10,24-29,32-33H,6-7,12-23H2,1-5H3,(H2,52,66)(H2,53,67)(H,71,72)(H,54,56,68)(H,55,57,69)/b10-9+. The van der Waals surface area contributed by atoms with E-state index in [1.807, 2.05) is 30.9 Å². The number of carboxylic acid groups (broad SMARTS) is 1. The Hall–Kier alpha value is -8.68. The van der Waals surface area contributed by atoms with Gasteiger partial charge in [0.1, 0.15) is 40.5 Å². The number of amides is 6. The molecule has 74 heavy (non-hydrogen) atoms. The molecular weight excluding hydrogens is 953 g/mol. The summed E-state index contributed by atoms with van der Waals surface area (Å²) in [7, 11) is 1.45. The number of methoxy groups -OCH3 is 1. The van der Waals surface area contributed by atoms with Gasteiger partial charge in [0.15, 0.2) is 0 Å². The molecule has 2 fully saturated rings. The maximum atomic E-state index is 13.9. The molecule has 6 aromatic rings. The van der Waals surface area contributed by atoms with Crippen LogP contribution in [0.1, 0.15) is 99.0 Å². The number of ether oxygens (including phenoxy) is 2. The largest absolute Gasteiger partial charge is 0.494 e. The monoisotopic (exact) mass is 1010 g/mol. The second kappa shape index (κ2) is 22.4. The number of primary amides is 2. The lowest BCUT2D eigenvalue weighted by Gasteiger charge is -2.36. The zero-order valence-corrected chi connectivity index (χ0v) is 42.0. The van der Waals surface area contributed by atoms with Crippen molar-refractivity contribution in [3.05, 3.63) is 82.5 Å². The van der Waals surface area contributed by atoms with Gasteiger partial charge in [-0.3, -0.25) is 44.0 Å². The summed E-state index contributed by atoms with van der Waals surface area (Å²) in [5.41, 5.74) is 15.3. The van der Waals surface area contributed by atoms with Crippen LogP contribution in [-0.2, 0) is 31.0 Å². The van der Waals surface area contributed by atoms with Gasteiger partial charge in [0.2, 0.25) is 29.6 Å². The number of allylic oxidation sites excluding steroid dienone is 2. The summed E-state index contributed by atoms with van der Waals surface area (Å²) in [5.74, 6) is 5.02. The van der Waals surface area contributed by atoms with Gasteiger partial charge in [-0.05, 0) is 95.7 Å². The number of piperidine rings is 2. The molecule has 7 N–H and O–H groups in total. The van der Waals surface area contributed by atoms with Crippen LogP contribution in [0.2, 0.25) is 0 Å². The molecule has 0 bridgehead atoms. The van der Waals surface area contributed by atoms with Crippen molar-refractivity contribution in [2.24, 2.45) is 23.3 Å². The van der Waals surface area contributed by atoms with Crippen LogP contribution in [0, 0.1) is 37.5 Å². The number of nitrogens with one attached hydrogen (secondary N) is 2. The second-order valence-electron chi connectivity index (χ2n) is 18.2. The number of nitrogens with two attached hydrogens (primary N) is 2. The number of carbonyl (C=O) groups is 6. The molecule has 0 saturated carbocycles. The van der Waals surface area contributed by atoms with Gasteiger partial charge >= 0.3 is 6.09 Å². The fourth-order valence-corrected chi connectivity index (χ4v) is 9.50. The number of hydrogen-bond donors (Lipinski definition) is 5. The molecule has 2 saturated heterocycles. The molecule has 0 radical (unpaired) electrons.